The smallest absolute Gasteiger partial charge is 0.180 e. The van der Waals surface area contributed by atoms with E-state index in [2.05, 4.69) is 132 Å². The van der Waals surface area contributed by atoms with Crippen LogP contribution in [0.1, 0.15) is 0 Å². The number of fused-ring (bicyclic) bond motifs is 6. The van der Waals surface area contributed by atoms with Gasteiger partial charge in [-0.1, -0.05) is 146 Å². The Morgan fingerprint density at radius 3 is 1.74 bits per heavy atom. The molecule has 0 spiro atoms. The van der Waals surface area contributed by atoms with Gasteiger partial charge in [-0.3, -0.25) is 0 Å². The van der Waals surface area contributed by atoms with Crippen LogP contribution in [0.2, 0.25) is 0 Å². The first-order valence-electron chi connectivity index (χ1n) is 16.8. The average molecular weight is 640 g/mol. The number of aromatic nitrogens is 3. The van der Waals surface area contributed by atoms with Crippen LogP contribution in [-0.2, 0) is 0 Å². The molecular weight excluding hydrogens is 611 g/mol. The molecule has 50 heavy (non-hydrogen) atoms. The molecule has 10 aromatic rings. The molecule has 0 atom stereocenters. The highest BCUT2D eigenvalue weighted by atomic mass is 16.3. The summed E-state index contributed by atoms with van der Waals surface area (Å²) in [7, 11) is 0. The Hall–Kier alpha value is -6.78. The summed E-state index contributed by atoms with van der Waals surface area (Å²) in [6.45, 7) is 0. The molecular formula is C46H29N3O. The number of rotatable bonds is 5. The molecule has 0 N–H and O–H groups in total. The number of hydrogen-bond donors (Lipinski definition) is 0. The summed E-state index contributed by atoms with van der Waals surface area (Å²) in [6, 6.07) is 61.4. The molecule has 4 nitrogen and oxygen atoms in total. The van der Waals surface area contributed by atoms with E-state index >= 15 is 0 Å². The van der Waals surface area contributed by atoms with Crippen LogP contribution in [0.5, 0.6) is 0 Å². The van der Waals surface area contributed by atoms with Gasteiger partial charge in [0.2, 0.25) is 0 Å². The van der Waals surface area contributed by atoms with E-state index in [0.717, 1.165) is 55.7 Å². The van der Waals surface area contributed by atoms with Gasteiger partial charge in [0.25, 0.3) is 0 Å². The zero-order valence-corrected chi connectivity index (χ0v) is 27.0. The van der Waals surface area contributed by atoms with E-state index in [0.29, 0.717) is 11.4 Å². The quantitative estimate of drug-likeness (QED) is 0.188. The molecule has 7 aromatic carbocycles. The molecule has 0 bridgehead atoms. The zero-order valence-electron chi connectivity index (χ0n) is 27.0. The van der Waals surface area contributed by atoms with Crippen LogP contribution in [0.15, 0.2) is 180 Å². The van der Waals surface area contributed by atoms with Gasteiger partial charge in [-0.25, -0.2) is 9.97 Å². The van der Waals surface area contributed by atoms with Crippen LogP contribution in [0, 0.1) is 0 Å². The molecule has 0 amide bonds. The fourth-order valence-corrected chi connectivity index (χ4v) is 7.35. The molecule has 234 valence electrons. The maximum atomic E-state index is 6.75. The summed E-state index contributed by atoms with van der Waals surface area (Å²) >= 11 is 0. The highest BCUT2D eigenvalue weighted by Gasteiger charge is 2.21. The first-order valence-corrected chi connectivity index (χ1v) is 16.8. The Labute approximate surface area is 288 Å². The van der Waals surface area contributed by atoms with Crippen molar-refractivity contribution in [2.75, 3.05) is 0 Å². The van der Waals surface area contributed by atoms with Crippen molar-refractivity contribution in [3.63, 3.8) is 0 Å². The van der Waals surface area contributed by atoms with Crippen molar-refractivity contribution in [3.8, 4) is 50.6 Å². The van der Waals surface area contributed by atoms with E-state index in [-0.39, 0.29) is 0 Å². The number of para-hydroxylation sites is 3. The molecule has 0 saturated carbocycles. The maximum Gasteiger partial charge on any atom is 0.180 e. The van der Waals surface area contributed by atoms with Crippen molar-refractivity contribution in [3.05, 3.63) is 176 Å². The van der Waals surface area contributed by atoms with Crippen LogP contribution in [0.3, 0.4) is 0 Å². The molecule has 3 heterocycles. The van der Waals surface area contributed by atoms with Gasteiger partial charge in [0.15, 0.2) is 11.4 Å². The summed E-state index contributed by atoms with van der Waals surface area (Å²) in [5.74, 6) is 0.678. The predicted octanol–water partition coefficient (Wildman–Crippen LogP) is 12.1. The van der Waals surface area contributed by atoms with E-state index in [9.17, 15) is 0 Å². The lowest BCUT2D eigenvalue weighted by atomic mass is 9.96. The first-order chi connectivity index (χ1) is 24.8. The minimum absolute atomic E-state index is 0.678. The number of benzene rings is 7. The second-order valence-electron chi connectivity index (χ2n) is 12.6. The summed E-state index contributed by atoms with van der Waals surface area (Å²) in [4.78, 5) is 10.1. The Kier molecular flexibility index (Phi) is 6.46. The molecule has 0 saturated heterocycles. The minimum Gasteiger partial charge on any atom is -0.451 e. The summed E-state index contributed by atoms with van der Waals surface area (Å²) in [5, 5.41) is 3.46. The van der Waals surface area contributed by atoms with Gasteiger partial charge in [-0.05, 0) is 47.0 Å². The lowest BCUT2D eigenvalue weighted by Gasteiger charge is -2.09. The maximum absolute atomic E-state index is 6.75. The van der Waals surface area contributed by atoms with Crippen LogP contribution in [0.4, 0.5) is 0 Å². The van der Waals surface area contributed by atoms with Crippen molar-refractivity contribution in [1.82, 2.24) is 14.5 Å². The molecule has 3 aromatic heterocycles. The van der Waals surface area contributed by atoms with E-state index in [1.165, 1.54) is 27.4 Å². The van der Waals surface area contributed by atoms with Crippen molar-refractivity contribution >= 4 is 43.9 Å². The van der Waals surface area contributed by atoms with Crippen molar-refractivity contribution < 1.29 is 4.42 Å². The van der Waals surface area contributed by atoms with Gasteiger partial charge in [-0.15, -0.1) is 0 Å². The molecule has 0 unspecified atom stereocenters. The molecule has 0 aliphatic rings. The molecule has 4 heteroatoms. The van der Waals surface area contributed by atoms with Crippen LogP contribution in [0.25, 0.3) is 94.5 Å². The van der Waals surface area contributed by atoms with Crippen molar-refractivity contribution in [2.45, 2.75) is 0 Å². The zero-order chi connectivity index (χ0) is 33.0. The number of furan rings is 1. The average Bonchev–Trinajstić information content (AvgIpc) is 3.75. The summed E-state index contributed by atoms with van der Waals surface area (Å²) in [6.07, 6.45) is 0. The summed E-state index contributed by atoms with van der Waals surface area (Å²) in [5.41, 5.74) is 13.1. The second kappa shape index (κ2) is 11.4. The van der Waals surface area contributed by atoms with Crippen LogP contribution < -0.4 is 0 Å². The standard InChI is InChI=1S/C46H29N3O/c1-4-14-32(15-5-1)42-45-43(48-46(47-42)33-16-6-2-7-17-33)38-23-12-22-36(44(38)50-45)31-28-26-30(27-29-31)35-21-13-25-40-41(35)37-20-10-11-24-39(37)49(40)34-18-8-3-9-19-34/h1-29H. The lowest BCUT2D eigenvalue weighted by Crippen LogP contribution is -1.93. The molecule has 0 aliphatic heterocycles. The highest BCUT2D eigenvalue weighted by molar-refractivity contribution is 6.16. The van der Waals surface area contributed by atoms with E-state index in [1.54, 1.807) is 0 Å². The van der Waals surface area contributed by atoms with Gasteiger partial charge in [-0.2, -0.15) is 0 Å². The van der Waals surface area contributed by atoms with Crippen LogP contribution in [-0.4, -0.2) is 14.5 Å². The monoisotopic (exact) mass is 639 g/mol. The third kappa shape index (κ3) is 4.46. The van der Waals surface area contributed by atoms with Crippen LogP contribution >= 0.6 is 0 Å². The van der Waals surface area contributed by atoms with E-state index in [4.69, 9.17) is 14.4 Å². The van der Waals surface area contributed by atoms with E-state index in [1.807, 2.05) is 48.5 Å². The molecule has 0 radical (unpaired) electrons. The number of hydrogen-bond acceptors (Lipinski definition) is 3. The van der Waals surface area contributed by atoms with Gasteiger partial charge in [0.05, 0.1) is 11.0 Å². The van der Waals surface area contributed by atoms with Gasteiger partial charge in [0.1, 0.15) is 16.8 Å². The molecule has 0 aliphatic carbocycles. The van der Waals surface area contributed by atoms with Gasteiger partial charge >= 0.3 is 0 Å². The van der Waals surface area contributed by atoms with Gasteiger partial charge < -0.3 is 8.98 Å². The number of nitrogens with zero attached hydrogens (tertiary/aromatic N) is 3. The topological polar surface area (TPSA) is 43.9 Å². The predicted molar refractivity (Wildman–Crippen MR) is 205 cm³/mol. The van der Waals surface area contributed by atoms with Crippen molar-refractivity contribution in [2.24, 2.45) is 0 Å². The molecule has 10 rings (SSSR count). The minimum atomic E-state index is 0.678. The lowest BCUT2D eigenvalue weighted by molar-refractivity contribution is 0.668. The Morgan fingerprint density at radius 1 is 0.400 bits per heavy atom. The third-order valence-electron chi connectivity index (χ3n) is 9.64. The SMILES string of the molecule is c1ccc(-c2nc(-c3ccccc3)c3oc4c(-c5ccc(-c6cccc7c6c6ccccc6n7-c6ccccc6)cc5)cccc4c3n2)cc1. The Bertz CT molecular complexity index is 2840. The Morgan fingerprint density at radius 2 is 0.980 bits per heavy atom. The fraction of sp³-hybridized carbons (Fsp3) is 0. The fourth-order valence-electron chi connectivity index (χ4n) is 7.35. The second-order valence-corrected chi connectivity index (χ2v) is 12.6. The Balaban J connectivity index is 1.13. The van der Waals surface area contributed by atoms with Gasteiger partial charge in [0, 0.05) is 38.5 Å². The third-order valence-corrected chi connectivity index (χ3v) is 9.64. The largest absolute Gasteiger partial charge is 0.451 e. The van der Waals surface area contributed by atoms with E-state index < -0.39 is 0 Å². The summed E-state index contributed by atoms with van der Waals surface area (Å²) < 4.78 is 9.11. The normalized spacial score (nSPS) is 11.6. The first kappa shape index (κ1) is 28.3. The molecule has 0 fully saturated rings. The van der Waals surface area contributed by atoms with Crippen molar-refractivity contribution in [1.29, 1.82) is 0 Å². The highest BCUT2D eigenvalue weighted by Crippen LogP contribution is 2.42.